The lowest BCUT2D eigenvalue weighted by Crippen LogP contribution is -2.31. The number of hydrogen-bond acceptors (Lipinski definition) is 6. The van der Waals surface area contributed by atoms with Crippen LogP contribution in [0.4, 0.5) is 0 Å². The molecule has 0 radical (unpaired) electrons. The maximum atomic E-state index is 11.4. The molecule has 106 valence electrons. The first-order chi connectivity index (χ1) is 9.08. The number of ether oxygens (including phenoxy) is 2. The van der Waals surface area contributed by atoms with E-state index in [1.165, 1.54) is 14.2 Å². The van der Waals surface area contributed by atoms with Crippen molar-refractivity contribution in [2.24, 2.45) is 5.16 Å². The first-order valence-electron chi connectivity index (χ1n) is 5.91. The van der Waals surface area contributed by atoms with Crippen molar-refractivity contribution >= 4 is 17.8 Å². The molecule has 0 spiro atoms. The number of rotatable bonds is 4. The fourth-order valence-electron chi connectivity index (χ4n) is 1.56. The van der Waals surface area contributed by atoms with Gasteiger partial charge >= 0.3 is 11.9 Å². The van der Waals surface area contributed by atoms with E-state index in [1.807, 2.05) is 11.9 Å². The number of nitrogens with zero attached hydrogens (tertiary/aromatic N) is 2. The molecule has 0 saturated carbocycles. The molecule has 0 aromatic rings. The summed E-state index contributed by atoms with van der Waals surface area (Å²) in [5.74, 6) is -1.07. The smallest absolute Gasteiger partial charge is 0.377 e. The highest BCUT2D eigenvalue weighted by molar-refractivity contribution is 5.94. The molecule has 0 unspecified atom stereocenters. The lowest BCUT2D eigenvalue weighted by molar-refractivity contribution is -0.142. The molecular weight excluding hydrogens is 252 g/mol. The average Bonchev–Trinajstić information content (AvgIpc) is 2.43. The third kappa shape index (κ3) is 4.61. The number of oxime groups is 1. The van der Waals surface area contributed by atoms with Crippen LogP contribution >= 0.6 is 0 Å². The van der Waals surface area contributed by atoms with Gasteiger partial charge in [0, 0.05) is 20.0 Å². The van der Waals surface area contributed by atoms with Crippen molar-refractivity contribution in [3.05, 3.63) is 11.8 Å². The van der Waals surface area contributed by atoms with E-state index in [-0.39, 0.29) is 5.76 Å². The minimum Gasteiger partial charge on any atom is -0.466 e. The Labute approximate surface area is 111 Å². The van der Waals surface area contributed by atoms with E-state index in [2.05, 4.69) is 14.6 Å². The second-order valence-electron chi connectivity index (χ2n) is 4.00. The van der Waals surface area contributed by atoms with Gasteiger partial charge in [0.2, 0.25) is 5.76 Å². The topological polar surface area (TPSA) is 77.4 Å². The van der Waals surface area contributed by atoms with Gasteiger partial charge in [0.25, 0.3) is 0 Å². The third-order valence-corrected chi connectivity index (χ3v) is 2.67. The van der Waals surface area contributed by atoms with Gasteiger partial charge in [0.15, 0.2) is 0 Å². The fourth-order valence-corrected chi connectivity index (χ4v) is 1.56. The minimum absolute atomic E-state index is 0.305. The maximum absolute atomic E-state index is 11.4. The van der Waals surface area contributed by atoms with Gasteiger partial charge in [-0.05, 0) is 12.8 Å². The van der Waals surface area contributed by atoms with Crippen LogP contribution in [-0.2, 0) is 23.9 Å². The van der Waals surface area contributed by atoms with E-state index in [1.54, 1.807) is 0 Å². The van der Waals surface area contributed by atoms with E-state index in [4.69, 9.17) is 4.84 Å². The molecule has 1 fully saturated rings. The molecule has 1 heterocycles. The van der Waals surface area contributed by atoms with E-state index in [9.17, 15) is 9.59 Å². The van der Waals surface area contributed by atoms with E-state index < -0.39 is 11.9 Å². The number of carbonyl (C=O) groups excluding carboxylic acids is 2. The van der Waals surface area contributed by atoms with Gasteiger partial charge in [0.05, 0.1) is 20.3 Å². The van der Waals surface area contributed by atoms with Gasteiger partial charge in [-0.3, -0.25) is 0 Å². The van der Waals surface area contributed by atoms with Gasteiger partial charge in [-0.1, -0.05) is 5.16 Å². The molecule has 0 aliphatic carbocycles. The highest BCUT2D eigenvalue weighted by Crippen LogP contribution is 2.11. The largest absolute Gasteiger partial charge is 0.466 e. The van der Waals surface area contributed by atoms with E-state index in [0.29, 0.717) is 0 Å². The van der Waals surface area contributed by atoms with Crippen LogP contribution in [0.5, 0.6) is 0 Å². The number of likely N-dealkylation sites (tertiary alicyclic amines) is 1. The molecule has 1 saturated heterocycles. The maximum Gasteiger partial charge on any atom is 0.377 e. The van der Waals surface area contributed by atoms with Gasteiger partial charge < -0.3 is 19.2 Å². The van der Waals surface area contributed by atoms with Crippen molar-refractivity contribution in [1.82, 2.24) is 4.90 Å². The molecule has 7 heteroatoms. The van der Waals surface area contributed by atoms with Crippen LogP contribution in [0.15, 0.2) is 17.0 Å². The summed E-state index contributed by atoms with van der Waals surface area (Å²) in [5.41, 5.74) is 0. The van der Waals surface area contributed by atoms with Crippen LogP contribution in [0, 0.1) is 0 Å². The highest BCUT2D eigenvalue weighted by Gasteiger charge is 2.17. The minimum atomic E-state index is -0.784. The molecule has 19 heavy (non-hydrogen) atoms. The Morgan fingerprint density at radius 1 is 1.26 bits per heavy atom. The van der Waals surface area contributed by atoms with Crippen LogP contribution in [0.1, 0.15) is 19.3 Å². The normalized spacial score (nSPS) is 18.2. The summed E-state index contributed by atoms with van der Waals surface area (Å²) in [6.45, 7) is 0.885. The SMILES string of the molecule is COC(=O)C=C(O/N=C1\CCCCN1C)C(=O)OC. The Hall–Kier alpha value is -2.05. The molecule has 0 aromatic heterocycles. The molecule has 1 aliphatic heterocycles. The van der Waals surface area contributed by atoms with Crippen LogP contribution in [0.2, 0.25) is 0 Å². The van der Waals surface area contributed by atoms with Crippen molar-refractivity contribution < 1.29 is 23.9 Å². The third-order valence-electron chi connectivity index (χ3n) is 2.67. The molecule has 0 aromatic carbocycles. The molecular formula is C12H18N2O5. The average molecular weight is 270 g/mol. The summed E-state index contributed by atoms with van der Waals surface area (Å²) in [6.07, 6.45) is 3.78. The molecule has 0 bridgehead atoms. The summed E-state index contributed by atoms with van der Waals surface area (Å²) < 4.78 is 8.93. The quantitative estimate of drug-likeness (QED) is 0.323. The summed E-state index contributed by atoms with van der Waals surface area (Å²) in [7, 11) is 4.29. The van der Waals surface area contributed by atoms with Gasteiger partial charge in [0.1, 0.15) is 5.84 Å². The molecule has 7 nitrogen and oxygen atoms in total. The predicted molar refractivity (Wildman–Crippen MR) is 67.1 cm³/mol. The zero-order valence-electron chi connectivity index (χ0n) is 11.3. The standard InChI is InChI=1S/C12H18N2O5/c1-14-7-5-4-6-10(14)13-19-9(12(16)18-3)8-11(15)17-2/h8H,4-7H2,1-3H3/b9-8?,13-10+. The number of hydrogen-bond donors (Lipinski definition) is 0. The predicted octanol–water partition coefficient (Wildman–Crippen LogP) is 0.662. The number of esters is 2. The highest BCUT2D eigenvalue weighted by atomic mass is 16.7. The molecule has 0 atom stereocenters. The molecule has 0 N–H and O–H groups in total. The van der Waals surface area contributed by atoms with Crippen molar-refractivity contribution in [2.75, 3.05) is 27.8 Å². The zero-order chi connectivity index (χ0) is 14.3. The first kappa shape index (κ1) is 15.0. The van der Waals surface area contributed by atoms with Crippen LogP contribution in [0.3, 0.4) is 0 Å². The van der Waals surface area contributed by atoms with Crippen molar-refractivity contribution in [1.29, 1.82) is 0 Å². The number of carbonyl (C=O) groups is 2. The monoisotopic (exact) mass is 270 g/mol. The Morgan fingerprint density at radius 3 is 2.58 bits per heavy atom. The first-order valence-corrected chi connectivity index (χ1v) is 5.91. The number of amidine groups is 1. The second kappa shape index (κ2) is 7.40. The van der Waals surface area contributed by atoms with Gasteiger partial charge in [-0.2, -0.15) is 0 Å². The molecule has 1 aliphatic rings. The molecule has 0 amide bonds. The van der Waals surface area contributed by atoms with E-state index >= 15 is 0 Å². The Bertz CT molecular complexity index is 403. The zero-order valence-corrected chi connectivity index (χ0v) is 11.3. The Balaban J connectivity index is 2.77. The van der Waals surface area contributed by atoms with E-state index in [0.717, 1.165) is 37.7 Å². The molecule has 1 rings (SSSR count). The number of piperidine rings is 1. The fraction of sp³-hybridized carbons (Fsp3) is 0.583. The Kier molecular flexibility index (Phi) is 5.84. The van der Waals surface area contributed by atoms with Crippen molar-refractivity contribution in [3.63, 3.8) is 0 Å². The summed E-state index contributed by atoms with van der Waals surface area (Å²) in [6, 6.07) is 0. The Morgan fingerprint density at radius 2 is 2.00 bits per heavy atom. The lowest BCUT2D eigenvalue weighted by atomic mass is 10.1. The van der Waals surface area contributed by atoms with Crippen LogP contribution in [0.25, 0.3) is 0 Å². The lowest BCUT2D eigenvalue weighted by Gasteiger charge is -2.25. The second-order valence-corrected chi connectivity index (χ2v) is 4.00. The van der Waals surface area contributed by atoms with Gasteiger partial charge in [-0.25, -0.2) is 9.59 Å². The summed E-state index contributed by atoms with van der Waals surface area (Å²) >= 11 is 0. The van der Waals surface area contributed by atoms with Gasteiger partial charge in [-0.15, -0.1) is 0 Å². The summed E-state index contributed by atoms with van der Waals surface area (Å²) in [4.78, 5) is 29.5. The number of methoxy groups -OCH3 is 2. The van der Waals surface area contributed by atoms with Crippen molar-refractivity contribution in [3.8, 4) is 0 Å². The summed E-state index contributed by atoms with van der Waals surface area (Å²) in [5, 5.41) is 3.89. The van der Waals surface area contributed by atoms with Crippen LogP contribution in [-0.4, -0.2) is 50.5 Å². The van der Waals surface area contributed by atoms with Crippen LogP contribution < -0.4 is 0 Å². The van der Waals surface area contributed by atoms with Crippen molar-refractivity contribution in [2.45, 2.75) is 19.3 Å².